The minimum atomic E-state index is -3.88. The average Bonchev–Trinajstić information content (AvgIpc) is 0.811. The van der Waals surface area contributed by atoms with Crippen LogP contribution in [-0.2, 0) is 4.46 Å². The molecule has 0 saturated heterocycles. The van der Waals surface area contributed by atoms with Crippen molar-refractivity contribution in [2.45, 2.75) is 0 Å². The molecule has 0 rings (SSSR count). The summed E-state index contributed by atoms with van der Waals surface area (Å²) < 4.78 is 18.4. The van der Waals surface area contributed by atoms with Crippen LogP contribution >= 0.6 is 0 Å². The molecule has 0 unspecified atom stereocenters. The van der Waals surface area contributed by atoms with E-state index in [9.17, 15) is 4.11 Å². The van der Waals surface area contributed by atoms with E-state index in [0.29, 0.717) is 0 Å². The summed E-state index contributed by atoms with van der Waals surface area (Å²) in [6.07, 6.45) is 0. The maximum Gasteiger partial charge on any atom is 2.00 e. The van der Waals surface area contributed by atoms with Crippen LogP contribution in [0, 0.1) is 0 Å². The Morgan fingerprint density at radius 1 is 1.67 bits per heavy atom. The molecule has 2 nitrogen and oxygen atoms in total. The van der Waals surface area contributed by atoms with E-state index in [1.807, 2.05) is 0 Å². The summed E-state index contributed by atoms with van der Waals surface area (Å²) in [7, 11) is -3.88. The average molecular weight is 142 g/mol. The number of hydrogen-bond acceptors (Lipinski definition) is 2. The molecule has 0 amide bonds. The second-order valence-corrected chi connectivity index (χ2v) is 0.713. The van der Waals surface area contributed by atoms with Gasteiger partial charge in [0.15, 0.2) is 0 Å². The van der Waals surface area contributed by atoms with Crippen LogP contribution in [0.25, 0.3) is 0 Å². The van der Waals surface area contributed by atoms with E-state index in [4.69, 9.17) is 9.26 Å². The van der Waals surface area contributed by atoms with Crippen LogP contribution in [0.3, 0.4) is 0 Å². The fourth-order valence-corrected chi connectivity index (χ4v) is 0. The Bertz CT molecular complexity index is 36.5. The summed E-state index contributed by atoms with van der Waals surface area (Å²) in [5, 5.41) is 0. The molecule has 0 aliphatic carbocycles. The van der Waals surface area contributed by atoms with Gasteiger partial charge in [0.1, 0.15) is 0 Å². The van der Waals surface area contributed by atoms with Gasteiger partial charge in [0, 0.05) is 0 Å². The number of rotatable bonds is 0. The predicted molar refractivity (Wildman–Crippen MR) is 13.3 cm³/mol. The summed E-state index contributed by atoms with van der Waals surface area (Å²) >= 11 is 0. The van der Waals surface area contributed by atoms with Crippen LogP contribution in [-0.4, -0.2) is 32.3 Å². The van der Waals surface area contributed by atoms with Crippen molar-refractivity contribution >= 4 is 32.3 Å². The first kappa shape index (κ1) is 15.7. The molecule has 0 aliphatic rings. The van der Waals surface area contributed by atoms with Crippen molar-refractivity contribution in [3.63, 3.8) is 0 Å². The van der Waals surface area contributed by atoms with Crippen molar-refractivity contribution in [2.75, 3.05) is 0 Å². The molecular weight excluding hydrogens is 142 g/mol. The third-order valence-electron chi connectivity index (χ3n) is 0. The first-order chi connectivity index (χ1) is 1.73. The molecule has 0 atom stereocenters. The molecule has 6 heavy (non-hydrogen) atoms. The zero-order valence-electron chi connectivity index (χ0n) is 3.40. The van der Waals surface area contributed by atoms with Crippen molar-refractivity contribution < 1.29 is 64.7 Å². The Morgan fingerprint density at radius 3 is 1.67 bits per heavy atom. The fraction of sp³-hybridized carbons (Fsp3) is 0. The minimum absolute atomic E-state index is 0. The van der Waals surface area contributed by atoms with E-state index in [2.05, 4.69) is 0 Å². The predicted octanol–water partition coefficient (Wildman–Crippen LogP) is -4.65. The zero-order valence-corrected chi connectivity index (χ0v) is 8.94. The molecule has 0 N–H and O–H groups in total. The maximum absolute atomic E-state index is 9.99. The molecule has 0 saturated carbocycles. The number of halogens is 1. The normalized spacial score (nSPS) is 4.17. The Hall–Kier alpha value is 2.15. The Labute approximate surface area is 95.0 Å². The Morgan fingerprint density at radius 2 is 1.67 bits per heavy atom. The van der Waals surface area contributed by atoms with Gasteiger partial charge in [-0.3, -0.25) is 4.11 Å². The van der Waals surface area contributed by atoms with Gasteiger partial charge in [0.25, 0.3) is 0 Å². The molecule has 6 heteroatoms. The SMILES string of the molecule is O=[Si]([O-])F.[K+].[Mg+2]. The quantitative estimate of drug-likeness (QED) is 0.252. The standard InChI is InChI=1S/FO2Si.K.Mg/c1-4(2)3;;/q-1;+1;+2. The smallest absolute Gasteiger partial charge is 0.560 e. The molecule has 0 spiro atoms. The summed E-state index contributed by atoms with van der Waals surface area (Å²) in [5.41, 5.74) is 0. The van der Waals surface area contributed by atoms with Crippen LogP contribution in [0.15, 0.2) is 0 Å². The molecule has 0 heterocycles. The van der Waals surface area contributed by atoms with E-state index < -0.39 is 9.26 Å². The van der Waals surface area contributed by atoms with Crippen molar-refractivity contribution in [2.24, 2.45) is 0 Å². The van der Waals surface area contributed by atoms with Crippen LogP contribution in [0.1, 0.15) is 0 Å². The van der Waals surface area contributed by atoms with Gasteiger partial charge in [-0.2, -0.15) is 0 Å². The van der Waals surface area contributed by atoms with Crippen LogP contribution < -0.4 is 56.2 Å². The van der Waals surface area contributed by atoms with Crippen molar-refractivity contribution in [1.29, 1.82) is 0 Å². The van der Waals surface area contributed by atoms with Crippen LogP contribution in [0.4, 0.5) is 4.11 Å². The largest absolute Gasteiger partial charge is 2.00 e. The summed E-state index contributed by atoms with van der Waals surface area (Å²) in [6, 6.07) is 0. The minimum Gasteiger partial charge on any atom is -0.560 e. The van der Waals surface area contributed by atoms with Crippen molar-refractivity contribution in [1.82, 2.24) is 0 Å². The Balaban J connectivity index is -0.0000000450. The molecule has 0 aliphatic heterocycles. The second kappa shape index (κ2) is 10.2. The summed E-state index contributed by atoms with van der Waals surface area (Å²) in [5.74, 6) is 0. The van der Waals surface area contributed by atoms with Crippen LogP contribution in [0.2, 0.25) is 0 Å². The van der Waals surface area contributed by atoms with E-state index in [1.54, 1.807) is 0 Å². The van der Waals surface area contributed by atoms with Gasteiger partial charge in [-0.05, 0) is 0 Å². The molecule has 0 aromatic heterocycles. The van der Waals surface area contributed by atoms with Gasteiger partial charge in [-0.25, -0.2) is 0 Å². The first-order valence-corrected chi connectivity index (χ1v) is 1.79. The van der Waals surface area contributed by atoms with Gasteiger partial charge in [-0.15, -0.1) is 0 Å². The molecule has 0 bridgehead atoms. The molecule has 24 valence electrons. The van der Waals surface area contributed by atoms with Gasteiger partial charge < -0.3 is 9.26 Å². The van der Waals surface area contributed by atoms with Crippen molar-refractivity contribution in [3.8, 4) is 0 Å². The van der Waals surface area contributed by atoms with E-state index in [1.165, 1.54) is 0 Å². The van der Waals surface area contributed by atoms with Gasteiger partial charge in [0.05, 0.1) is 0 Å². The summed E-state index contributed by atoms with van der Waals surface area (Å²) in [4.78, 5) is 8.41. The third-order valence-corrected chi connectivity index (χ3v) is 0. The second-order valence-electron chi connectivity index (χ2n) is 0.238. The van der Waals surface area contributed by atoms with Crippen LogP contribution in [0.5, 0.6) is 0 Å². The van der Waals surface area contributed by atoms with Gasteiger partial charge in [-0.1, -0.05) is 0 Å². The molecule has 0 aromatic rings. The van der Waals surface area contributed by atoms with E-state index in [-0.39, 0.29) is 74.4 Å². The van der Waals surface area contributed by atoms with Gasteiger partial charge >= 0.3 is 83.7 Å². The fourth-order valence-electron chi connectivity index (χ4n) is 0. The summed E-state index contributed by atoms with van der Waals surface area (Å²) in [6.45, 7) is 0. The maximum atomic E-state index is 9.99. The zero-order chi connectivity index (χ0) is 3.58. The van der Waals surface area contributed by atoms with E-state index in [0.717, 1.165) is 0 Å². The third kappa shape index (κ3) is 35.3. The molecule has 0 radical (unpaired) electrons. The van der Waals surface area contributed by atoms with Crippen molar-refractivity contribution in [3.05, 3.63) is 0 Å². The molecular formula is FKMgO2Si+2. The Kier molecular flexibility index (Phi) is 26.7. The van der Waals surface area contributed by atoms with E-state index >= 15 is 0 Å². The monoisotopic (exact) mass is 142 g/mol. The molecule has 0 fully saturated rings. The topological polar surface area (TPSA) is 40.1 Å². The number of hydrogen-bond donors (Lipinski definition) is 0. The first-order valence-electron chi connectivity index (χ1n) is 0.597. The molecule has 0 aromatic carbocycles. The van der Waals surface area contributed by atoms with Gasteiger partial charge in [0.2, 0.25) is 0 Å².